The molecule has 0 unspecified atom stereocenters. The summed E-state index contributed by atoms with van der Waals surface area (Å²) in [5, 5.41) is 71.7. The largest absolute Gasteiger partial charge is 0.480 e. The lowest BCUT2D eigenvalue weighted by molar-refractivity contribution is -0.142. The van der Waals surface area contributed by atoms with E-state index in [-0.39, 0.29) is 62.6 Å². The second-order valence-corrected chi connectivity index (χ2v) is 29.4. The van der Waals surface area contributed by atoms with Gasteiger partial charge in [0.25, 0.3) is 0 Å². The van der Waals surface area contributed by atoms with Gasteiger partial charge in [-0.05, 0) is 83.8 Å². The van der Waals surface area contributed by atoms with Crippen LogP contribution in [0.3, 0.4) is 0 Å². The van der Waals surface area contributed by atoms with Gasteiger partial charge < -0.3 is 90.0 Å². The van der Waals surface area contributed by atoms with Gasteiger partial charge in [0.05, 0.1) is 24.9 Å². The molecule has 1 heterocycles. The molecule has 10 amide bonds. The number of amides is 10. The summed E-state index contributed by atoms with van der Waals surface area (Å²) in [7, 11) is 3.24. The number of benzene rings is 6. The van der Waals surface area contributed by atoms with E-state index in [9.17, 15) is 54.0 Å². The first-order chi connectivity index (χ1) is 51.2. The second-order valence-electron chi connectivity index (χ2n) is 26.8. The lowest BCUT2D eigenvalue weighted by Crippen LogP contribution is -2.63. The summed E-state index contributed by atoms with van der Waals surface area (Å²) >= 11 is 0. The van der Waals surface area contributed by atoms with Crippen molar-refractivity contribution in [1.29, 1.82) is 0 Å². The molecular weight excluding hydrogens is 1410 g/mol. The molecule has 13 atom stereocenters. The zero-order valence-corrected chi connectivity index (χ0v) is 62.1. The number of carbonyl (C=O) groups is 11. The highest BCUT2D eigenvalue weighted by Gasteiger charge is 2.39. The van der Waals surface area contributed by atoms with Crippen LogP contribution in [0.2, 0.25) is 0 Å². The van der Waals surface area contributed by atoms with Crippen molar-refractivity contribution in [3.05, 3.63) is 191 Å². The number of rotatable bonds is 21. The van der Waals surface area contributed by atoms with E-state index in [1.807, 2.05) is 62.4 Å². The van der Waals surface area contributed by atoms with Crippen molar-refractivity contribution in [2.45, 2.75) is 170 Å². The fourth-order valence-corrected chi connectivity index (χ4v) is 14.1. The fourth-order valence-electron chi connectivity index (χ4n) is 11.8. The molecule has 1 aliphatic heterocycles. The molecule has 7 rings (SSSR count). The maximum absolute atomic E-state index is 15.6. The van der Waals surface area contributed by atoms with E-state index < -0.39 is 150 Å². The van der Waals surface area contributed by atoms with Gasteiger partial charge in [-0.2, -0.15) is 0 Å². The molecule has 574 valence electrons. The third-order valence-corrected chi connectivity index (χ3v) is 20.4. The molecular formula is C77H99N13O15S2. The molecule has 0 bridgehead atoms. The third kappa shape index (κ3) is 26.6. The van der Waals surface area contributed by atoms with E-state index in [1.165, 1.54) is 14.0 Å². The van der Waals surface area contributed by atoms with Gasteiger partial charge in [-0.3, -0.25) is 47.9 Å². The summed E-state index contributed by atoms with van der Waals surface area (Å²) < 4.78 is 0. The van der Waals surface area contributed by atoms with Crippen LogP contribution in [0.5, 0.6) is 0 Å². The van der Waals surface area contributed by atoms with Crippen LogP contribution in [-0.4, -0.2) is 207 Å². The highest BCUT2D eigenvalue weighted by Crippen LogP contribution is 2.25. The highest BCUT2D eigenvalue weighted by molar-refractivity contribution is 8.76. The van der Waals surface area contributed by atoms with Crippen LogP contribution in [0.15, 0.2) is 158 Å². The Kier molecular flexibility index (Phi) is 33.6. The number of unbranched alkanes of at least 4 members (excludes halogenated alkanes) is 1. The number of fused-ring (bicyclic) bond motifs is 1. The minimum Gasteiger partial charge on any atom is -0.480 e. The van der Waals surface area contributed by atoms with Gasteiger partial charge in [-0.15, -0.1) is 0 Å². The average Bonchev–Trinajstić information content (AvgIpc) is 0.844. The molecule has 0 aliphatic carbocycles. The minimum atomic E-state index is -1.91. The molecule has 6 aromatic rings. The maximum atomic E-state index is 15.6. The summed E-state index contributed by atoms with van der Waals surface area (Å²) in [5.74, 6) is -11.8. The minimum absolute atomic E-state index is 0.0551. The monoisotopic (exact) mass is 1510 g/mol. The van der Waals surface area contributed by atoms with Gasteiger partial charge in [0.1, 0.15) is 60.4 Å². The zero-order chi connectivity index (χ0) is 77.7. The smallest absolute Gasteiger partial charge is 0.327 e. The number of nitrogens with one attached hydrogen (secondary N) is 10. The topological polar surface area (TPSA) is 444 Å². The van der Waals surface area contributed by atoms with E-state index in [2.05, 4.69) is 53.2 Å². The fraction of sp³-hybridized carbons (Fsp3) is 0.416. The highest BCUT2D eigenvalue weighted by atomic mass is 33.1. The average molecular weight is 1510 g/mol. The molecule has 18 N–H and O–H groups in total. The van der Waals surface area contributed by atoms with Crippen LogP contribution in [-0.2, 0) is 91.4 Å². The first kappa shape index (κ1) is 84.5. The summed E-state index contributed by atoms with van der Waals surface area (Å²) in [6, 6.07) is 28.3. The molecule has 6 aromatic carbocycles. The maximum Gasteiger partial charge on any atom is 0.327 e. The zero-order valence-electron chi connectivity index (χ0n) is 60.5. The van der Waals surface area contributed by atoms with E-state index in [1.54, 1.807) is 109 Å². The van der Waals surface area contributed by atoms with Gasteiger partial charge in [0.15, 0.2) is 0 Å². The number of aliphatic hydroxyl groups is 3. The molecule has 28 nitrogen and oxygen atoms in total. The van der Waals surface area contributed by atoms with E-state index in [4.69, 9.17) is 11.5 Å². The van der Waals surface area contributed by atoms with Crippen LogP contribution in [0.4, 0.5) is 0 Å². The van der Waals surface area contributed by atoms with Gasteiger partial charge in [0, 0.05) is 63.2 Å². The Labute approximate surface area is 630 Å². The summed E-state index contributed by atoms with van der Waals surface area (Å²) in [6.45, 7) is 5.94. The number of nitrogens with zero attached hydrogens (tertiary/aromatic N) is 1. The van der Waals surface area contributed by atoms with E-state index in [0.29, 0.717) is 47.2 Å². The van der Waals surface area contributed by atoms with Crippen molar-refractivity contribution < 1.29 is 73.2 Å². The normalized spacial score (nSPS) is 23.6. The third-order valence-electron chi connectivity index (χ3n) is 17.9. The Morgan fingerprint density at radius 1 is 0.467 bits per heavy atom. The number of hydrogen-bond acceptors (Lipinski definition) is 19. The lowest BCUT2D eigenvalue weighted by Gasteiger charge is -2.31. The second kappa shape index (κ2) is 42.5. The Balaban J connectivity index is 1.33. The Bertz CT molecular complexity index is 3960. The van der Waals surface area contributed by atoms with Crippen molar-refractivity contribution >= 4 is 97.4 Å². The van der Waals surface area contributed by atoms with Gasteiger partial charge in [-0.1, -0.05) is 193 Å². The predicted molar refractivity (Wildman–Crippen MR) is 408 cm³/mol. The number of aliphatic carboxylic acids is 1. The van der Waals surface area contributed by atoms with Crippen molar-refractivity contribution in [3.63, 3.8) is 0 Å². The Morgan fingerprint density at radius 2 is 0.841 bits per heavy atom. The molecule has 0 saturated carbocycles. The number of hydrogen-bond donors (Lipinski definition) is 16. The van der Waals surface area contributed by atoms with Crippen LogP contribution < -0.4 is 64.6 Å². The first-order valence-corrected chi connectivity index (χ1v) is 38.0. The molecule has 1 saturated heterocycles. The molecule has 0 spiro atoms. The molecule has 107 heavy (non-hydrogen) atoms. The van der Waals surface area contributed by atoms with Crippen LogP contribution >= 0.6 is 21.6 Å². The number of nitrogens with two attached hydrogens (primary N) is 2. The molecule has 30 heteroatoms. The van der Waals surface area contributed by atoms with Crippen molar-refractivity contribution in [3.8, 4) is 0 Å². The van der Waals surface area contributed by atoms with Crippen LogP contribution in [0.25, 0.3) is 10.8 Å². The van der Waals surface area contributed by atoms with Gasteiger partial charge in [-0.25, -0.2) is 4.79 Å². The summed E-state index contributed by atoms with van der Waals surface area (Å²) in [4.78, 5) is 162. The Hall–Kier alpha value is -9.79. The molecule has 1 fully saturated rings. The number of carboxylic acids is 1. The molecule has 0 aromatic heterocycles. The van der Waals surface area contributed by atoms with Crippen LogP contribution in [0.1, 0.15) is 80.3 Å². The SMILES string of the molecule is CC(C)NCc1ccc(C[C@@H]2NC(=O)[C@@H](Cc3ccc4ccccc4c3)NC(=O)[C@H](Cc3ccccc3)NC(=O)[C@H](Cc3ccccc3)NC(=O)[C@H](CCCCN)N(C)C(=O)[C@@H](N)CSSC[C@@H](C(=O)O)NC(=O)[C@H](CO)NC(=O)[C@H]([C@@H](C)O)NC(=O)[C@H](Cc3ccccc3)NC(=O)[C@H]([C@@H](C)O)NC2=O)cc1. The Morgan fingerprint density at radius 3 is 1.28 bits per heavy atom. The molecule has 1 aliphatic rings. The summed E-state index contributed by atoms with van der Waals surface area (Å²) in [5.41, 5.74) is 16.0. The number of likely N-dealkylation sites (N-methyl/N-ethyl adjacent to an activating group) is 1. The summed E-state index contributed by atoms with van der Waals surface area (Å²) in [6.07, 6.45) is -3.61. The van der Waals surface area contributed by atoms with Crippen molar-refractivity contribution in [1.82, 2.24) is 58.1 Å². The number of carbonyl (C=O) groups excluding carboxylic acids is 10. The number of aliphatic hydroxyl groups excluding tert-OH is 3. The lowest BCUT2D eigenvalue weighted by atomic mass is 9.98. The van der Waals surface area contributed by atoms with Crippen molar-refractivity contribution in [2.24, 2.45) is 11.5 Å². The van der Waals surface area contributed by atoms with E-state index in [0.717, 1.165) is 49.7 Å². The molecule has 0 radical (unpaired) electrons. The number of carboxylic acid groups (broad SMARTS) is 1. The van der Waals surface area contributed by atoms with Crippen LogP contribution in [0, 0.1) is 0 Å². The predicted octanol–water partition coefficient (Wildman–Crippen LogP) is 0.731. The standard InChI is InChI=1S/C77H99N13O15S2/c1-45(2)80-41-52-30-28-51(29-31-52)39-59-70(97)88-65(46(3)92)74(101)85-60(38-50-23-13-8-14-24-50)71(98)89-66(47(4)93)75(102)86-62(42-91)72(99)87-63(77(104)105)44-107-106-43-56(79)76(103)90(5)64(27-17-18-34-78)73(100)84-58(37-49-21-11-7-12-22-49)68(95)81-57(36-48-19-9-6-10-20-48)67(94)83-61(69(96)82-59)40-53-32-33-54-25-15-16-26-55(54)35-53/h6-16,19-26,28-33,35,45-47,56-66,80,91-93H,17-18,27,34,36-44,78-79H2,1-5H3,(H,81,95)(H,82,96)(H,83,94)(H,84,100)(H,85,101)(H,86,102)(H,87,99)(H,88,97)(H,89,98)(H,104,105)/t46-,47-,56+,57+,58+,59+,60+,61-,62+,63+,64+,65+,66+/m1/s1. The quantitative estimate of drug-likeness (QED) is 0.0349. The van der Waals surface area contributed by atoms with Gasteiger partial charge in [0.2, 0.25) is 59.1 Å². The van der Waals surface area contributed by atoms with E-state index >= 15 is 19.2 Å². The first-order valence-electron chi connectivity index (χ1n) is 35.5. The van der Waals surface area contributed by atoms with Crippen molar-refractivity contribution in [2.75, 3.05) is 31.7 Å². The van der Waals surface area contributed by atoms with Gasteiger partial charge >= 0.3 is 5.97 Å².